The molecule has 3 rings (SSSR count). The largest absolute Gasteiger partial charge is 0.352 e. The zero-order valence-electron chi connectivity index (χ0n) is 17.2. The molecule has 0 spiro atoms. The molecule has 0 aliphatic heterocycles. The number of nitrogens with one attached hydrogen (secondary N) is 1. The van der Waals surface area contributed by atoms with Gasteiger partial charge in [0.05, 0.1) is 6.42 Å². The van der Waals surface area contributed by atoms with E-state index in [-0.39, 0.29) is 24.3 Å². The first kappa shape index (κ1) is 22.8. The van der Waals surface area contributed by atoms with Crippen molar-refractivity contribution in [2.24, 2.45) is 0 Å². The molecule has 2 aromatic carbocycles. The maximum atomic E-state index is 13.2. The highest BCUT2D eigenvalue weighted by Crippen LogP contribution is 2.20. The van der Waals surface area contributed by atoms with Gasteiger partial charge in [0.25, 0.3) is 0 Å². The van der Waals surface area contributed by atoms with Crippen LogP contribution in [0.5, 0.6) is 0 Å². The van der Waals surface area contributed by atoms with Crippen LogP contribution in [0.4, 0.5) is 0 Å². The van der Waals surface area contributed by atoms with Crippen LogP contribution < -0.4 is 5.32 Å². The summed E-state index contributed by atoms with van der Waals surface area (Å²) in [5.74, 6) is -0.181. The Morgan fingerprint density at radius 1 is 1.10 bits per heavy atom. The molecule has 1 N–H and O–H groups in total. The molecule has 30 heavy (non-hydrogen) atoms. The molecule has 6 heteroatoms. The second-order valence-electron chi connectivity index (χ2n) is 7.98. The summed E-state index contributed by atoms with van der Waals surface area (Å²) in [6.07, 6.45) is 5.76. The molecule has 1 atom stereocenters. The zero-order chi connectivity index (χ0) is 21.5. The second kappa shape index (κ2) is 11.0. The van der Waals surface area contributed by atoms with Gasteiger partial charge in [0.2, 0.25) is 11.8 Å². The van der Waals surface area contributed by atoms with Crippen LogP contribution in [0.25, 0.3) is 0 Å². The predicted octanol–water partition coefficient (Wildman–Crippen LogP) is 5.51. The number of rotatable bonds is 7. The van der Waals surface area contributed by atoms with Crippen molar-refractivity contribution in [1.29, 1.82) is 0 Å². The average Bonchev–Trinajstić information content (AvgIpc) is 2.72. The van der Waals surface area contributed by atoms with Crippen LogP contribution in [0.15, 0.2) is 53.0 Å². The summed E-state index contributed by atoms with van der Waals surface area (Å²) in [5.41, 5.74) is 1.81. The number of halogens is 2. The molecule has 1 aliphatic carbocycles. The fraction of sp³-hybridized carbons (Fsp3) is 0.417. The summed E-state index contributed by atoms with van der Waals surface area (Å²) in [6, 6.07) is 14.8. The first-order chi connectivity index (χ1) is 14.4. The molecule has 0 radical (unpaired) electrons. The van der Waals surface area contributed by atoms with E-state index in [1.807, 2.05) is 43.3 Å². The van der Waals surface area contributed by atoms with Crippen molar-refractivity contribution in [2.45, 2.75) is 64.1 Å². The topological polar surface area (TPSA) is 49.4 Å². The molecule has 0 unspecified atom stereocenters. The Hall–Kier alpha value is -1.85. The summed E-state index contributed by atoms with van der Waals surface area (Å²) in [5, 5.41) is 3.76. The lowest BCUT2D eigenvalue weighted by Crippen LogP contribution is -2.50. The molecule has 2 aromatic rings. The molecule has 0 saturated heterocycles. The fourth-order valence-corrected chi connectivity index (χ4v) is 4.57. The average molecular weight is 492 g/mol. The van der Waals surface area contributed by atoms with Crippen molar-refractivity contribution < 1.29 is 9.59 Å². The third kappa shape index (κ3) is 6.58. The van der Waals surface area contributed by atoms with Crippen LogP contribution in [-0.4, -0.2) is 28.8 Å². The van der Waals surface area contributed by atoms with Crippen LogP contribution in [0.2, 0.25) is 5.02 Å². The van der Waals surface area contributed by atoms with E-state index >= 15 is 0 Å². The minimum atomic E-state index is -0.558. The first-order valence-corrected chi connectivity index (χ1v) is 11.7. The summed E-state index contributed by atoms with van der Waals surface area (Å²) >= 11 is 9.57. The predicted molar refractivity (Wildman–Crippen MR) is 124 cm³/mol. The highest BCUT2D eigenvalue weighted by Gasteiger charge is 2.28. The highest BCUT2D eigenvalue weighted by molar-refractivity contribution is 9.10. The van der Waals surface area contributed by atoms with Crippen molar-refractivity contribution in [1.82, 2.24) is 10.2 Å². The van der Waals surface area contributed by atoms with E-state index in [2.05, 4.69) is 21.2 Å². The lowest BCUT2D eigenvalue weighted by Gasteiger charge is -2.31. The Labute approximate surface area is 192 Å². The van der Waals surface area contributed by atoms with Gasteiger partial charge in [0, 0.05) is 22.1 Å². The fourth-order valence-electron chi connectivity index (χ4n) is 3.91. The Morgan fingerprint density at radius 3 is 2.50 bits per heavy atom. The molecule has 1 saturated carbocycles. The van der Waals surface area contributed by atoms with E-state index in [1.165, 1.54) is 6.42 Å². The maximum absolute atomic E-state index is 13.2. The smallest absolute Gasteiger partial charge is 0.242 e. The number of benzene rings is 2. The van der Waals surface area contributed by atoms with Crippen LogP contribution >= 0.6 is 27.5 Å². The standard InChI is InChI=1S/C24H28BrClN2O2/c1-17(24(30)27-22-11-3-2-4-12-22)28(16-19-8-5-9-20(25)13-19)23(29)15-18-7-6-10-21(26)14-18/h5-10,13-14,17,22H,2-4,11-12,15-16H2,1H3,(H,27,30)/t17-/m0/s1. The van der Waals surface area contributed by atoms with Crippen LogP contribution in [-0.2, 0) is 22.6 Å². The van der Waals surface area contributed by atoms with Gasteiger partial charge in [-0.3, -0.25) is 9.59 Å². The van der Waals surface area contributed by atoms with Gasteiger partial charge in [-0.1, -0.05) is 71.1 Å². The SMILES string of the molecule is C[C@@H](C(=O)NC1CCCCC1)N(Cc1cccc(Br)c1)C(=O)Cc1cccc(Cl)c1. The minimum absolute atomic E-state index is 0.0867. The monoisotopic (exact) mass is 490 g/mol. The number of carbonyl (C=O) groups is 2. The van der Waals surface area contributed by atoms with Crippen molar-refractivity contribution in [3.8, 4) is 0 Å². The first-order valence-electron chi connectivity index (χ1n) is 10.5. The summed E-state index contributed by atoms with van der Waals surface area (Å²) in [7, 11) is 0. The van der Waals surface area contributed by atoms with E-state index < -0.39 is 6.04 Å². The van der Waals surface area contributed by atoms with Gasteiger partial charge in [-0.15, -0.1) is 0 Å². The van der Waals surface area contributed by atoms with Gasteiger partial charge in [0.15, 0.2) is 0 Å². The van der Waals surface area contributed by atoms with Gasteiger partial charge >= 0.3 is 0 Å². The quantitative estimate of drug-likeness (QED) is 0.555. The normalized spacial score (nSPS) is 15.4. The van der Waals surface area contributed by atoms with E-state index in [1.54, 1.807) is 17.0 Å². The van der Waals surface area contributed by atoms with E-state index in [0.29, 0.717) is 11.6 Å². The Balaban J connectivity index is 1.76. The summed E-state index contributed by atoms with van der Waals surface area (Å²) in [4.78, 5) is 27.9. The molecule has 0 bridgehead atoms. The molecule has 0 heterocycles. The molecular weight excluding hydrogens is 464 g/mol. The third-order valence-electron chi connectivity index (χ3n) is 5.61. The third-order valence-corrected chi connectivity index (χ3v) is 6.33. The molecule has 2 amide bonds. The van der Waals surface area contributed by atoms with Crippen molar-refractivity contribution in [2.75, 3.05) is 0 Å². The second-order valence-corrected chi connectivity index (χ2v) is 9.33. The van der Waals surface area contributed by atoms with Crippen molar-refractivity contribution in [3.63, 3.8) is 0 Å². The van der Waals surface area contributed by atoms with Gasteiger partial charge < -0.3 is 10.2 Å². The number of hydrogen-bond donors (Lipinski definition) is 1. The summed E-state index contributed by atoms with van der Waals surface area (Å²) < 4.78 is 0.946. The molecule has 4 nitrogen and oxygen atoms in total. The molecular formula is C24H28BrClN2O2. The Kier molecular flexibility index (Phi) is 8.34. The number of nitrogens with zero attached hydrogens (tertiary/aromatic N) is 1. The van der Waals surface area contributed by atoms with Gasteiger partial charge in [-0.2, -0.15) is 0 Å². The van der Waals surface area contributed by atoms with Gasteiger partial charge in [-0.25, -0.2) is 0 Å². The molecule has 1 fully saturated rings. The number of amides is 2. The maximum Gasteiger partial charge on any atom is 0.242 e. The van der Waals surface area contributed by atoms with Crippen LogP contribution in [0, 0.1) is 0 Å². The van der Waals surface area contributed by atoms with Crippen LogP contribution in [0.3, 0.4) is 0 Å². The van der Waals surface area contributed by atoms with E-state index in [4.69, 9.17) is 11.6 Å². The van der Waals surface area contributed by atoms with Crippen molar-refractivity contribution in [3.05, 3.63) is 69.2 Å². The highest BCUT2D eigenvalue weighted by atomic mass is 79.9. The lowest BCUT2D eigenvalue weighted by atomic mass is 9.95. The van der Waals surface area contributed by atoms with E-state index in [9.17, 15) is 9.59 Å². The summed E-state index contributed by atoms with van der Waals surface area (Å²) in [6.45, 7) is 2.18. The molecule has 1 aliphatic rings. The molecule has 0 aromatic heterocycles. The van der Waals surface area contributed by atoms with Gasteiger partial charge in [-0.05, 0) is 55.2 Å². The van der Waals surface area contributed by atoms with Crippen LogP contribution in [0.1, 0.15) is 50.2 Å². The zero-order valence-corrected chi connectivity index (χ0v) is 19.6. The number of carbonyl (C=O) groups excluding carboxylic acids is 2. The molecule has 160 valence electrons. The number of hydrogen-bond acceptors (Lipinski definition) is 2. The Bertz CT molecular complexity index is 883. The minimum Gasteiger partial charge on any atom is -0.352 e. The van der Waals surface area contributed by atoms with Crippen molar-refractivity contribution >= 4 is 39.3 Å². The Morgan fingerprint density at radius 2 is 1.80 bits per heavy atom. The lowest BCUT2D eigenvalue weighted by molar-refractivity contribution is -0.140. The van der Waals surface area contributed by atoms with E-state index in [0.717, 1.165) is 41.3 Å². The van der Waals surface area contributed by atoms with Gasteiger partial charge in [0.1, 0.15) is 6.04 Å².